The van der Waals surface area contributed by atoms with Gasteiger partial charge in [0.05, 0.1) is 5.56 Å². The molecule has 0 amide bonds. The van der Waals surface area contributed by atoms with Crippen molar-refractivity contribution in [2.24, 2.45) is 0 Å². The third kappa shape index (κ3) is 2.76. The molecule has 1 aromatic carbocycles. The van der Waals surface area contributed by atoms with Crippen molar-refractivity contribution in [3.63, 3.8) is 0 Å². The predicted octanol–water partition coefficient (Wildman–Crippen LogP) is 4.15. The molecule has 2 rings (SSSR count). The van der Waals surface area contributed by atoms with Gasteiger partial charge in [0, 0.05) is 23.5 Å². The molecule has 6 heteroatoms. The lowest BCUT2D eigenvalue weighted by Gasteiger charge is -2.15. The Hall–Kier alpha value is -1.88. The Morgan fingerprint density at radius 1 is 1.11 bits per heavy atom. The highest BCUT2D eigenvalue weighted by Gasteiger charge is 2.35. The molecule has 0 fully saturated rings. The van der Waals surface area contributed by atoms with Gasteiger partial charge in [-0.1, -0.05) is 6.07 Å². The smallest absolute Gasteiger partial charge is 0.276 e. The van der Waals surface area contributed by atoms with Crippen LogP contribution in [0, 0.1) is 0 Å². The Balaban J connectivity index is 2.78. The summed E-state index contributed by atoms with van der Waals surface area (Å²) in [6, 6.07) is 6.13. The zero-order chi connectivity index (χ0) is 14.0. The number of benzene rings is 1. The first kappa shape index (κ1) is 13.5. The third-order valence-electron chi connectivity index (χ3n) is 2.55. The Labute approximate surface area is 111 Å². The largest absolute Gasteiger partial charge is 0.417 e. The molecule has 0 atom stereocenters. The lowest BCUT2D eigenvalue weighted by atomic mass is 9.95. The maximum absolute atomic E-state index is 13.0. The first-order chi connectivity index (χ1) is 8.91. The van der Waals surface area contributed by atoms with Crippen LogP contribution in [-0.2, 0) is 6.18 Å². The molecule has 1 heterocycles. The second-order valence-corrected chi connectivity index (χ2v) is 4.08. The number of aromatic nitrogens is 1. The summed E-state index contributed by atoms with van der Waals surface area (Å²) in [5, 5.41) is -0.932. The minimum Gasteiger partial charge on any atom is -0.276 e. The average Bonchev–Trinajstić information content (AvgIpc) is 2.37. The van der Waals surface area contributed by atoms with E-state index in [-0.39, 0.29) is 16.7 Å². The standard InChI is InChI=1S/C13H7ClF3NO/c14-12(19)9-2-1-3-10(13(15,16)17)11(9)8-4-6-18-7-5-8/h1-7H. The zero-order valence-electron chi connectivity index (χ0n) is 9.41. The zero-order valence-corrected chi connectivity index (χ0v) is 10.2. The molecule has 0 N–H and O–H groups in total. The van der Waals surface area contributed by atoms with Crippen LogP contribution in [0.1, 0.15) is 15.9 Å². The van der Waals surface area contributed by atoms with Crippen LogP contribution in [-0.4, -0.2) is 10.2 Å². The Morgan fingerprint density at radius 3 is 2.26 bits per heavy atom. The number of halogens is 4. The van der Waals surface area contributed by atoms with Crippen molar-refractivity contribution >= 4 is 16.8 Å². The Morgan fingerprint density at radius 2 is 1.74 bits per heavy atom. The fraction of sp³-hybridized carbons (Fsp3) is 0.0769. The van der Waals surface area contributed by atoms with Gasteiger partial charge in [0.25, 0.3) is 5.24 Å². The summed E-state index contributed by atoms with van der Waals surface area (Å²) in [5.74, 6) is 0. The molecule has 0 aliphatic heterocycles. The number of carbonyl (C=O) groups excluding carboxylic acids is 1. The van der Waals surface area contributed by atoms with Gasteiger partial charge in [-0.2, -0.15) is 13.2 Å². The molecular formula is C13H7ClF3NO. The van der Waals surface area contributed by atoms with Gasteiger partial charge in [0.15, 0.2) is 0 Å². The lowest BCUT2D eigenvalue weighted by molar-refractivity contribution is -0.137. The van der Waals surface area contributed by atoms with Crippen molar-refractivity contribution in [2.75, 3.05) is 0 Å². The second-order valence-electron chi connectivity index (χ2n) is 3.74. The maximum atomic E-state index is 13.0. The van der Waals surface area contributed by atoms with Gasteiger partial charge >= 0.3 is 6.18 Å². The van der Waals surface area contributed by atoms with Gasteiger partial charge in [-0.3, -0.25) is 9.78 Å². The first-order valence-electron chi connectivity index (χ1n) is 5.21. The molecule has 0 bridgehead atoms. The van der Waals surface area contributed by atoms with E-state index in [2.05, 4.69) is 4.98 Å². The summed E-state index contributed by atoms with van der Waals surface area (Å²) >= 11 is 5.36. The quantitative estimate of drug-likeness (QED) is 0.776. The van der Waals surface area contributed by atoms with Gasteiger partial charge in [0.1, 0.15) is 0 Å². The third-order valence-corrected chi connectivity index (χ3v) is 2.75. The van der Waals surface area contributed by atoms with Crippen LogP contribution in [0.4, 0.5) is 13.2 Å². The molecule has 0 aliphatic carbocycles. The Kier molecular flexibility index (Phi) is 3.57. The van der Waals surface area contributed by atoms with Crippen molar-refractivity contribution in [2.45, 2.75) is 6.18 Å². The van der Waals surface area contributed by atoms with E-state index in [1.807, 2.05) is 0 Å². The fourth-order valence-electron chi connectivity index (χ4n) is 1.78. The van der Waals surface area contributed by atoms with Gasteiger partial charge < -0.3 is 0 Å². The number of pyridine rings is 1. The van der Waals surface area contributed by atoms with Crippen LogP contribution >= 0.6 is 11.6 Å². The van der Waals surface area contributed by atoms with Crippen LogP contribution in [0.3, 0.4) is 0 Å². The monoisotopic (exact) mass is 285 g/mol. The van der Waals surface area contributed by atoms with E-state index < -0.39 is 17.0 Å². The Bertz CT molecular complexity index is 611. The van der Waals surface area contributed by atoms with Crippen molar-refractivity contribution in [3.05, 3.63) is 53.9 Å². The van der Waals surface area contributed by atoms with Crippen molar-refractivity contribution in [1.29, 1.82) is 0 Å². The molecule has 1 aromatic heterocycles. The summed E-state index contributed by atoms with van der Waals surface area (Å²) in [7, 11) is 0. The summed E-state index contributed by atoms with van der Waals surface area (Å²) in [5.41, 5.74) is -1.06. The topological polar surface area (TPSA) is 30.0 Å². The lowest BCUT2D eigenvalue weighted by Crippen LogP contribution is -2.10. The predicted molar refractivity (Wildman–Crippen MR) is 64.9 cm³/mol. The van der Waals surface area contributed by atoms with Crippen LogP contribution in [0.25, 0.3) is 11.1 Å². The molecule has 0 saturated heterocycles. The molecule has 0 spiro atoms. The summed E-state index contributed by atoms with van der Waals surface area (Å²) in [6.07, 6.45) is -1.86. The van der Waals surface area contributed by atoms with Crippen LogP contribution < -0.4 is 0 Å². The molecule has 2 aromatic rings. The minimum atomic E-state index is -4.57. The second kappa shape index (κ2) is 5.01. The molecule has 0 unspecified atom stereocenters. The average molecular weight is 286 g/mol. The highest BCUT2D eigenvalue weighted by Crippen LogP contribution is 2.39. The minimum absolute atomic E-state index is 0.178. The molecule has 2 nitrogen and oxygen atoms in total. The number of carbonyl (C=O) groups is 1. The van der Waals surface area contributed by atoms with E-state index in [0.717, 1.165) is 12.1 Å². The fourth-order valence-corrected chi connectivity index (χ4v) is 1.94. The van der Waals surface area contributed by atoms with E-state index >= 15 is 0 Å². The molecule has 0 aliphatic rings. The number of rotatable bonds is 2. The van der Waals surface area contributed by atoms with Crippen molar-refractivity contribution < 1.29 is 18.0 Å². The van der Waals surface area contributed by atoms with Gasteiger partial charge in [-0.25, -0.2) is 0 Å². The van der Waals surface area contributed by atoms with Gasteiger partial charge in [0.2, 0.25) is 0 Å². The van der Waals surface area contributed by atoms with Crippen LogP contribution in [0.2, 0.25) is 0 Å². The SMILES string of the molecule is O=C(Cl)c1cccc(C(F)(F)F)c1-c1ccncc1. The molecular weight excluding hydrogens is 279 g/mol. The van der Waals surface area contributed by atoms with Crippen molar-refractivity contribution in [1.82, 2.24) is 4.98 Å². The molecule has 19 heavy (non-hydrogen) atoms. The van der Waals surface area contributed by atoms with E-state index in [0.29, 0.717) is 0 Å². The van der Waals surface area contributed by atoms with Crippen LogP contribution in [0.15, 0.2) is 42.7 Å². The summed E-state index contributed by atoms with van der Waals surface area (Å²) in [4.78, 5) is 15.0. The number of alkyl halides is 3. The van der Waals surface area contributed by atoms with Gasteiger partial charge in [-0.15, -0.1) is 0 Å². The van der Waals surface area contributed by atoms with E-state index in [1.165, 1.54) is 30.6 Å². The number of hydrogen-bond donors (Lipinski definition) is 0. The first-order valence-corrected chi connectivity index (χ1v) is 5.59. The normalized spacial score (nSPS) is 11.4. The molecule has 98 valence electrons. The van der Waals surface area contributed by atoms with Gasteiger partial charge in [-0.05, 0) is 41.4 Å². The number of hydrogen-bond acceptors (Lipinski definition) is 2. The molecule has 0 saturated carbocycles. The maximum Gasteiger partial charge on any atom is 0.417 e. The van der Waals surface area contributed by atoms with Crippen molar-refractivity contribution in [3.8, 4) is 11.1 Å². The van der Waals surface area contributed by atoms with E-state index in [1.54, 1.807) is 0 Å². The highest BCUT2D eigenvalue weighted by atomic mass is 35.5. The highest BCUT2D eigenvalue weighted by molar-refractivity contribution is 6.68. The number of nitrogens with zero attached hydrogens (tertiary/aromatic N) is 1. The summed E-state index contributed by atoms with van der Waals surface area (Å²) < 4.78 is 39.0. The molecule has 0 radical (unpaired) electrons. The van der Waals surface area contributed by atoms with E-state index in [4.69, 9.17) is 11.6 Å². The van der Waals surface area contributed by atoms with E-state index in [9.17, 15) is 18.0 Å². The summed E-state index contributed by atoms with van der Waals surface area (Å²) in [6.45, 7) is 0. The van der Waals surface area contributed by atoms with Crippen LogP contribution in [0.5, 0.6) is 0 Å².